The van der Waals surface area contributed by atoms with Gasteiger partial charge in [-0.2, -0.15) is 5.10 Å². The maximum absolute atomic E-state index is 13.5. The summed E-state index contributed by atoms with van der Waals surface area (Å²) >= 11 is 12.6. The fraction of sp³-hybridized carbons (Fsp3) is 0.304. The summed E-state index contributed by atoms with van der Waals surface area (Å²) in [6.45, 7) is 2.33. The van der Waals surface area contributed by atoms with Gasteiger partial charge in [-0.15, -0.1) is 0 Å². The fourth-order valence-corrected chi connectivity index (χ4v) is 4.55. The molecule has 3 aromatic rings. The van der Waals surface area contributed by atoms with Crippen LogP contribution in [0.4, 0.5) is 0 Å². The maximum Gasteiger partial charge on any atom is 0.272 e. The lowest BCUT2D eigenvalue weighted by atomic mass is 10.0. The van der Waals surface area contributed by atoms with Gasteiger partial charge in [-0.1, -0.05) is 47.5 Å². The van der Waals surface area contributed by atoms with E-state index in [0.717, 1.165) is 5.56 Å². The Balaban J connectivity index is 1.51. The van der Waals surface area contributed by atoms with Crippen molar-refractivity contribution in [3.63, 3.8) is 0 Å². The van der Waals surface area contributed by atoms with Crippen molar-refractivity contribution in [2.45, 2.75) is 18.6 Å². The molecule has 160 valence electrons. The minimum Gasteiger partial charge on any atom is -0.347 e. The van der Waals surface area contributed by atoms with E-state index in [0.29, 0.717) is 66.3 Å². The number of benzene rings is 2. The summed E-state index contributed by atoms with van der Waals surface area (Å²) in [5, 5.41) is 5.86. The van der Waals surface area contributed by atoms with Gasteiger partial charge in [-0.05, 0) is 30.3 Å². The molecule has 5 rings (SSSR count). The summed E-state index contributed by atoms with van der Waals surface area (Å²) in [6.07, 6.45) is 1.31. The Labute approximate surface area is 190 Å². The van der Waals surface area contributed by atoms with Crippen LogP contribution in [-0.2, 0) is 9.47 Å². The molecule has 2 fully saturated rings. The Bertz CT molecular complexity index is 1110. The number of amides is 1. The van der Waals surface area contributed by atoms with Gasteiger partial charge in [-0.25, -0.2) is 4.68 Å². The zero-order valence-corrected chi connectivity index (χ0v) is 18.3. The number of carbonyl (C=O) groups excluding carboxylic acids is 1. The third kappa shape index (κ3) is 3.96. The van der Waals surface area contributed by atoms with Gasteiger partial charge in [0.05, 0.1) is 29.6 Å². The second-order valence-electron chi connectivity index (χ2n) is 7.69. The number of carbonyl (C=O) groups is 1. The molecule has 2 aromatic carbocycles. The molecule has 0 aliphatic carbocycles. The topological polar surface area (TPSA) is 56.6 Å². The first kappa shape index (κ1) is 20.5. The summed E-state index contributed by atoms with van der Waals surface area (Å²) in [5.41, 5.74) is 2.57. The fourth-order valence-electron chi connectivity index (χ4n) is 4.14. The van der Waals surface area contributed by atoms with Crippen LogP contribution in [0.5, 0.6) is 0 Å². The van der Waals surface area contributed by atoms with Gasteiger partial charge in [-0.3, -0.25) is 4.79 Å². The SMILES string of the molecule is O=C(c1cc(-c2ccccc2Cl)nn1-c1cccc(Cl)c1)N1CCC2(CC1)OCCO2. The Kier molecular flexibility index (Phi) is 5.48. The van der Waals surface area contributed by atoms with E-state index in [2.05, 4.69) is 0 Å². The highest BCUT2D eigenvalue weighted by molar-refractivity contribution is 6.33. The van der Waals surface area contributed by atoms with E-state index < -0.39 is 5.79 Å². The van der Waals surface area contributed by atoms with Gasteiger partial charge in [0.1, 0.15) is 5.69 Å². The van der Waals surface area contributed by atoms with E-state index in [-0.39, 0.29) is 5.91 Å². The molecule has 6 nitrogen and oxygen atoms in total. The van der Waals surface area contributed by atoms with Crippen molar-refractivity contribution in [1.82, 2.24) is 14.7 Å². The van der Waals surface area contributed by atoms with Gasteiger partial charge >= 0.3 is 0 Å². The average Bonchev–Trinajstić information content (AvgIpc) is 3.42. The largest absolute Gasteiger partial charge is 0.347 e. The third-order valence-electron chi connectivity index (χ3n) is 5.76. The minimum atomic E-state index is -0.535. The molecule has 8 heteroatoms. The molecule has 0 unspecified atom stereocenters. The predicted molar refractivity (Wildman–Crippen MR) is 119 cm³/mol. The average molecular weight is 458 g/mol. The van der Waals surface area contributed by atoms with E-state index in [1.54, 1.807) is 22.9 Å². The van der Waals surface area contributed by atoms with Crippen molar-refractivity contribution < 1.29 is 14.3 Å². The minimum absolute atomic E-state index is 0.0985. The molecule has 0 N–H and O–H groups in total. The van der Waals surface area contributed by atoms with E-state index in [9.17, 15) is 4.79 Å². The lowest BCUT2D eigenvalue weighted by Gasteiger charge is -2.37. The number of hydrogen-bond donors (Lipinski definition) is 0. The molecule has 0 atom stereocenters. The third-order valence-corrected chi connectivity index (χ3v) is 6.32. The van der Waals surface area contributed by atoms with Crippen LogP contribution in [0.25, 0.3) is 16.9 Å². The summed E-state index contributed by atoms with van der Waals surface area (Å²) < 4.78 is 13.2. The number of nitrogens with zero attached hydrogens (tertiary/aromatic N) is 3. The van der Waals surface area contributed by atoms with Crippen LogP contribution in [0.2, 0.25) is 10.0 Å². The molecule has 2 aliphatic heterocycles. The Morgan fingerprint density at radius 2 is 1.71 bits per heavy atom. The van der Waals surface area contributed by atoms with Gasteiger partial charge in [0, 0.05) is 36.5 Å². The highest BCUT2D eigenvalue weighted by Gasteiger charge is 2.41. The molecule has 1 spiro atoms. The first-order chi connectivity index (χ1) is 15.0. The van der Waals surface area contributed by atoms with Crippen LogP contribution >= 0.6 is 23.2 Å². The second kappa shape index (κ2) is 8.28. The van der Waals surface area contributed by atoms with Gasteiger partial charge in [0.15, 0.2) is 5.79 Å². The van der Waals surface area contributed by atoms with Crippen LogP contribution in [0.3, 0.4) is 0 Å². The van der Waals surface area contributed by atoms with Crippen molar-refractivity contribution >= 4 is 29.1 Å². The highest BCUT2D eigenvalue weighted by Crippen LogP contribution is 2.33. The molecule has 31 heavy (non-hydrogen) atoms. The number of piperidine rings is 1. The van der Waals surface area contributed by atoms with Crippen molar-refractivity contribution in [1.29, 1.82) is 0 Å². The summed E-state index contributed by atoms with van der Waals surface area (Å²) in [4.78, 5) is 15.4. The molecule has 0 radical (unpaired) electrons. The number of hydrogen-bond acceptors (Lipinski definition) is 4. The van der Waals surface area contributed by atoms with E-state index in [4.69, 9.17) is 37.8 Å². The number of halogens is 2. The zero-order chi connectivity index (χ0) is 21.4. The van der Waals surface area contributed by atoms with E-state index in [1.807, 2.05) is 41.3 Å². The standard InChI is InChI=1S/C23H21Cl2N3O3/c24-16-4-3-5-17(14-16)28-21(15-20(26-28)18-6-1-2-7-19(18)25)22(29)27-10-8-23(9-11-27)30-12-13-31-23/h1-7,14-15H,8-13H2. The van der Waals surface area contributed by atoms with Crippen LogP contribution in [0.1, 0.15) is 23.3 Å². The first-order valence-electron chi connectivity index (χ1n) is 10.2. The molecule has 1 aromatic heterocycles. The Morgan fingerprint density at radius 3 is 2.42 bits per heavy atom. The van der Waals surface area contributed by atoms with Gasteiger partial charge in [0.25, 0.3) is 5.91 Å². The van der Waals surface area contributed by atoms with E-state index >= 15 is 0 Å². The molecule has 0 bridgehead atoms. The lowest BCUT2D eigenvalue weighted by Crippen LogP contribution is -2.47. The summed E-state index contributed by atoms with van der Waals surface area (Å²) in [5.74, 6) is -0.634. The molecular formula is C23H21Cl2N3O3. The lowest BCUT2D eigenvalue weighted by molar-refractivity contribution is -0.181. The number of ether oxygens (including phenoxy) is 2. The maximum atomic E-state index is 13.5. The van der Waals surface area contributed by atoms with Crippen LogP contribution < -0.4 is 0 Å². The van der Waals surface area contributed by atoms with Crippen molar-refractivity contribution in [3.05, 3.63) is 70.3 Å². The van der Waals surface area contributed by atoms with Crippen molar-refractivity contribution in [2.24, 2.45) is 0 Å². The molecule has 1 amide bonds. The van der Waals surface area contributed by atoms with Crippen molar-refractivity contribution in [3.8, 4) is 16.9 Å². The second-order valence-corrected chi connectivity index (χ2v) is 8.53. The van der Waals surface area contributed by atoms with Crippen LogP contribution in [0.15, 0.2) is 54.6 Å². The van der Waals surface area contributed by atoms with Crippen LogP contribution in [0, 0.1) is 0 Å². The number of likely N-dealkylation sites (tertiary alicyclic amines) is 1. The normalized spacial score (nSPS) is 17.9. The number of aromatic nitrogens is 2. The van der Waals surface area contributed by atoms with Crippen LogP contribution in [-0.4, -0.2) is 52.7 Å². The van der Waals surface area contributed by atoms with E-state index in [1.165, 1.54) is 0 Å². The zero-order valence-electron chi connectivity index (χ0n) is 16.8. The summed E-state index contributed by atoms with van der Waals surface area (Å²) in [7, 11) is 0. The summed E-state index contributed by atoms with van der Waals surface area (Å²) in [6, 6.07) is 16.5. The quantitative estimate of drug-likeness (QED) is 0.565. The highest BCUT2D eigenvalue weighted by atomic mass is 35.5. The monoisotopic (exact) mass is 457 g/mol. The smallest absolute Gasteiger partial charge is 0.272 e. The molecule has 3 heterocycles. The Hall–Kier alpha value is -2.38. The predicted octanol–water partition coefficient (Wildman–Crippen LogP) is 4.83. The molecule has 2 saturated heterocycles. The van der Waals surface area contributed by atoms with Gasteiger partial charge < -0.3 is 14.4 Å². The molecule has 0 saturated carbocycles. The van der Waals surface area contributed by atoms with Crippen molar-refractivity contribution in [2.75, 3.05) is 26.3 Å². The molecule has 2 aliphatic rings. The first-order valence-corrected chi connectivity index (χ1v) is 11.0. The Morgan fingerprint density at radius 1 is 0.968 bits per heavy atom. The molecular weight excluding hydrogens is 437 g/mol. The van der Waals surface area contributed by atoms with Gasteiger partial charge in [0.2, 0.25) is 0 Å². The number of rotatable bonds is 3.